The molecule has 0 spiro atoms. The maximum absolute atomic E-state index is 12.0. The van der Waals surface area contributed by atoms with Gasteiger partial charge in [-0.3, -0.25) is 9.59 Å². The molecule has 138 valence electrons. The minimum Gasteiger partial charge on any atom is -0.389 e. The van der Waals surface area contributed by atoms with Crippen LogP contribution in [-0.2, 0) is 11.3 Å². The Morgan fingerprint density at radius 1 is 1.37 bits per heavy atom. The minimum absolute atomic E-state index is 0.0629. The normalized spacial score (nSPS) is 10.7. The van der Waals surface area contributed by atoms with Gasteiger partial charge in [0.15, 0.2) is 16.3 Å². The number of nitrogens with one attached hydrogen (secondary N) is 2. The molecule has 0 saturated heterocycles. The van der Waals surface area contributed by atoms with E-state index < -0.39 is 0 Å². The maximum atomic E-state index is 12.0. The minimum atomic E-state index is -0.326. The van der Waals surface area contributed by atoms with Gasteiger partial charge < -0.3 is 16.0 Å². The van der Waals surface area contributed by atoms with Crippen LogP contribution in [0.3, 0.4) is 0 Å². The summed E-state index contributed by atoms with van der Waals surface area (Å²) in [6.07, 6.45) is 1.57. The summed E-state index contributed by atoms with van der Waals surface area (Å²) in [5.41, 5.74) is 7.87. The second-order valence-electron chi connectivity index (χ2n) is 5.71. The largest absolute Gasteiger partial charge is 0.389 e. The molecule has 4 N–H and O–H groups in total. The molecule has 10 heteroatoms. The fourth-order valence-electron chi connectivity index (χ4n) is 2.42. The SMILES string of the molecule is CC(=O)Sc1cc(NCc2cnc3nc(C)[nH]c(=O)c3n2)ccc1C(N)=S. The Labute approximate surface area is 164 Å². The first-order chi connectivity index (χ1) is 12.8. The standard InChI is InChI=1S/C17H16N6O2S2/c1-8-21-16-14(17(25)22-8)23-11(7-20-16)6-19-10-3-4-12(15(18)26)13(5-10)27-9(2)24/h3-5,7,19H,6H2,1-2H3,(H2,18,26)(H,20,21,22,25). The molecule has 8 nitrogen and oxygen atoms in total. The summed E-state index contributed by atoms with van der Waals surface area (Å²) < 4.78 is 0. The van der Waals surface area contributed by atoms with Crippen LogP contribution in [-0.4, -0.2) is 30.0 Å². The van der Waals surface area contributed by atoms with Crippen molar-refractivity contribution >= 4 is 50.9 Å². The topological polar surface area (TPSA) is 127 Å². The van der Waals surface area contributed by atoms with Gasteiger partial charge in [0.05, 0.1) is 18.4 Å². The lowest BCUT2D eigenvalue weighted by molar-refractivity contribution is -0.109. The number of benzene rings is 1. The van der Waals surface area contributed by atoms with Crippen molar-refractivity contribution in [2.24, 2.45) is 5.73 Å². The molecule has 0 aliphatic carbocycles. The predicted molar refractivity (Wildman–Crippen MR) is 109 cm³/mol. The van der Waals surface area contributed by atoms with Gasteiger partial charge in [-0.05, 0) is 25.1 Å². The van der Waals surface area contributed by atoms with Crippen LogP contribution >= 0.6 is 24.0 Å². The summed E-state index contributed by atoms with van der Waals surface area (Å²) in [6, 6.07) is 5.37. The first-order valence-electron chi connectivity index (χ1n) is 7.92. The van der Waals surface area contributed by atoms with Crippen LogP contribution in [0, 0.1) is 6.92 Å². The highest BCUT2D eigenvalue weighted by Crippen LogP contribution is 2.27. The van der Waals surface area contributed by atoms with Gasteiger partial charge in [0.1, 0.15) is 10.8 Å². The van der Waals surface area contributed by atoms with Crippen molar-refractivity contribution in [2.75, 3.05) is 5.32 Å². The number of nitrogens with zero attached hydrogens (tertiary/aromatic N) is 3. The van der Waals surface area contributed by atoms with Crippen LogP contribution in [0.15, 0.2) is 34.1 Å². The molecule has 0 amide bonds. The summed E-state index contributed by atoms with van der Waals surface area (Å²) in [5.74, 6) is 0.487. The quantitative estimate of drug-likeness (QED) is 0.435. The molecule has 0 unspecified atom stereocenters. The van der Waals surface area contributed by atoms with Gasteiger partial charge in [-0.2, -0.15) is 0 Å². The van der Waals surface area contributed by atoms with Crippen molar-refractivity contribution in [2.45, 2.75) is 25.3 Å². The third-order valence-electron chi connectivity index (χ3n) is 3.56. The molecule has 0 saturated carbocycles. The average molecular weight is 400 g/mol. The summed E-state index contributed by atoms with van der Waals surface area (Å²) in [6.45, 7) is 3.50. The van der Waals surface area contributed by atoms with E-state index in [2.05, 4.69) is 25.3 Å². The van der Waals surface area contributed by atoms with Gasteiger partial charge in [-0.15, -0.1) is 0 Å². The average Bonchev–Trinajstić information content (AvgIpc) is 2.59. The lowest BCUT2D eigenvalue weighted by Gasteiger charge is -2.11. The van der Waals surface area contributed by atoms with Crippen molar-refractivity contribution < 1.29 is 4.79 Å². The molecule has 27 heavy (non-hydrogen) atoms. The number of hydrogen-bond donors (Lipinski definition) is 3. The number of thiocarbonyl (C=S) groups is 1. The number of aromatic amines is 1. The van der Waals surface area contributed by atoms with Crippen LogP contribution in [0.1, 0.15) is 24.0 Å². The number of anilines is 1. The number of hydrogen-bond acceptors (Lipinski definition) is 8. The van der Waals surface area contributed by atoms with E-state index in [9.17, 15) is 9.59 Å². The van der Waals surface area contributed by atoms with Crippen molar-refractivity contribution in [3.05, 3.63) is 51.8 Å². The van der Waals surface area contributed by atoms with Crippen molar-refractivity contribution in [1.29, 1.82) is 0 Å². The van der Waals surface area contributed by atoms with E-state index in [-0.39, 0.29) is 21.2 Å². The van der Waals surface area contributed by atoms with E-state index in [4.69, 9.17) is 18.0 Å². The monoisotopic (exact) mass is 400 g/mol. The van der Waals surface area contributed by atoms with Crippen molar-refractivity contribution in [3.8, 4) is 0 Å². The number of thioether (sulfide) groups is 1. The van der Waals surface area contributed by atoms with Gasteiger partial charge >= 0.3 is 0 Å². The zero-order valence-electron chi connectivity index (χ0n) is 14.6. The molecule has 3 aromatic rings. The van der Waals surface area contributed by atoms with E-state index in [1.807, 2.05) is 6.07 Å². The number of H-pyrrole nitrogens is 1. The number of aryl methyl sites for hydroxylation is 1. The molecule has 0 aliphatic rings. The summed E-state index contributed by atoms with van der Waals surface area (Å²) >= 11 is 6.10. The zero-order chi connectivity index (χ0) is 19.6. The highest BCUT2D eigenvalue weighted by atomic mass is 32.2. The second kappa shape index (κ2) is 7.80. The van der Waals surface area contributed by atoms with E-state index in [1.54, 1.807) is 25.3 Å². The van der Waals surface area contributed by atoms with E-state index in [0.717, 1.165) is 17.4 Å². The fourth-order valence-corrected chi connectivity index (χ4v) is 3.44. The molecule has 2 heterocycles. The van der Waals surface area contributed by atoms with Crippen LogP contribution in [0.25, 0.3) is 11.2 Å². The third kappa shape index (κ3) is 4.47. The number of fused-ring (bicyclic) bond motifs is 1. The summed E-state index contributed by atoms with van der Waals surface area (Å²) in [5, 5.41) is 3.13. The van der Waals surface area contributed by atoms with Crippen LogP contribution < -0.4 is 16.6 Å². The molecule has 0 radical (unpaired) electrons. The van der Waals surface area contributed by atoms with Crippen molar-refractivity contribution in [3.63, 3.8) is 0 Å². The third-order valence-corrected chi connectivity index (χ3v) is 4.63. The molecule has 0 atom stereocenters. The summed E-state index contributed by atoms with van der Waals surface area (Å²) in [7, 11) is 0. The zero-order valence-corrected chi connectivity index (χ0v) is 16.2. The number of carbonyl (C=O) groups is 1. The highest BCUT2D eigenvalue weighted by molar-refractivity contribution is 8.13. The highest BCUT2D eigenvalue weighted by Gasteiger charge is 2.10. The molecule has 0 fully saturated rings. The van der Waals surface area contributed by atoms with Gasteiger partial charge in [-0.1, -0.05) is 24.0 Å². The predicted octanol–water partition coefficient (Wildman–Crippen LogP) is 1.91. The number of rotatable bonds is 5. The smallest absolute Gasteiger partial charge is 0.279 e. The van der Waals surface area contributed by atoms with Gasteiger partial charge in [-0.25, -0.2) is 15.0 Å². The van der Waals surface area contributed by atoms with Crippen LogP contribution in [0.2, 0.25) is 0 Å². The number of carbonyl (C=O) groups excluding carboxylic acids is 1. The molecule has 3 rings (SSSR count). The second-order valence-corrected chi connectivity index (χ2v) is 7.37. The lowest BCUT2D eigenvalue weighted by Crippen LogP contribution is -2.14. The van der Waals surface area contributed by atoms with E-state index in [1.165, 1.54) is 6.92 Å². The van der Waals surface area contributed by atoms with Gasteiger partial charge in [0, 0.05) is 23.1 Å². The lowest BCUT2D eigenvalue weighted by atomic mass is 10.2. The molecular formula is C17H16N6O2S2. The Hall–Kier alpha value is -2.85. The van der Waals surface area contributed by atoms with E-state index >= 15 is 0 Å². The first-order valence-corrected chi connectivity index (χ1v) is 9.14. The Morgan fingerprint density at radius 2 is 2.15 bits per heavy atom. The molecular weight excluding hydrogens is 384 g/mol. The summed E-state index contributed by atoms with van der Waals surface area (Å²) in [4.78, 5) is 39.6. The Bertz CT molecular complexity index is 1110. The number of nitrogens with two attached hydrogens (primary N) is 1. The number of aromatic nitrogens is 4. The molecule has 0 bridgehead atoms. The van der Waals surface area contributed by atoms with E-state index in [0.29, 0.717) is 34.2 Å². The van der Waals surface area contributed by atoms with Gasteiger partial charge in [0.2, 0.25) is 0 Å². The fraction of sp³-hybridized carbons (Fsp3) is 0.176. The van der Waals surface area contributed by atoms with Gasteiger partial charge in [0.25, 0.3) is 5.56 Å². The molecule has 0 aliphatic heterocycles. The molecule has 2 aromatic heterocycles. The van der Waals surface area contributed by atoms with Crippen LogP contribution in [0.4, 0.5) is 5.69 Å². The Balaban J connectivity index is 1.84. The molecule has 1 aromatic carbocycles. The van der Waals surface area contributed by atoms with Crippen LogP contribution in [0.5, 0.6) is 0 Å². The Morgan fingerprint density at radius 3 is 2.85 bits per heavy atom. The van der Waals surface area contributed by atoms with Crippen molar-refractivity contribution in [1.82, 2.24) is 19.9 Å². The Kier molecular flexibility index (Phi) is 5.47. The maximum Gasteiger partial charge on any atom is 0.279 e. The first kappa shape index (κ1) is 18.9.